The first kappa shape index (κ1) is 23.3. The summed E-state index contributed by atoms with van der Waals surface area (Å²) in [7, 11) is 1.76. The average Bonchev–Trinajstić information content (AvgIpc) is 2.73. The molecule has 1 aromatic heterocycles. The summed E-state index contributed by atoms with van der Waals surface area (Å²) in [5.74, 6) is 0. The maximum atomic E-state index is 11.2. The SMILES string of the molecule is CC.CC.Cc1ccc2[nH]c(=O)n(C)c2c1.[CH2-]C.[W]. The van der Waals surface area contributed by atoms with Crippen LogP contribution in [0.2, 0.25) is 0 Å². The molecule has 0 aliphatic rings. The van der Waals surface area contributed by atoms with E-state index in [1.807, 2.05) is 52.8 Å². The second-order valence-corrected chi connectivity index (χ2v) is 3.01. The minimum absolute atomic E-state index is 0. The molecule has 0 radical (unpaired) electrons. The zero-order valence-corrected chi connectivity index (χ0v) is 16.1. The summed E-state index contributed by atoms with van der Waals surface area (Å²) in [4.78, 5) is 13.9. The van der Waals surface area contributed by atoms with Crippen molar-refractivity contribution in [3.8, 4) is 0 Å². The van der Waals surface area contributed by atoms with Gasteiger partial charge in [0.15, 0.2) is 0 Å². The summed E-state index contributed by atoms with van der Waals surface area (Å²) in [6.45, 7) is 15.0. The van der Waals surface area contributed by atoms with Crippen molar-refractivity contribution in [2.45, 2.75) is 41.5 Å². The molecule has 4 heteroatoms. The van der Waals surface area contributed by atoms with Gasteiger partial charge in [0, 0.05) is 28.1 Å². The van der Waals surface area contributed by atoms with Crippen LogP contribution in [0.15, 0.2) is 23.0 Å². The van der Waals surface area contributed by atoms with Crippen molar-refractivity contribution in [1.82, 2.24) is 9.55 Å². The number of benzene rings is 1. The smallest absolute Gasteiger partial charge is 0.326 e. The van der Waals surface area contributed by atoms with E-state index in [4.69, 9.17) is 0 Å². The number of aromatic nitrogens is 2. The fraction of sp³-hybridized carbons (Fsp3) is 0.467. The van der Waals surface area contributed by atoms with Gasteiger partial charge in [0.1, 0.15) is 0 Å². The fourth-order valence-electron chi connectivity index (χ4n) is 1.33. The number of rotatable bonds is 0. The summed E-state index contributed by atoms with van der Waals surface area (Å²) in [6.07, 6.45) is 0. The van der Waals surface area contributed by atoms with Crippen LogP contribution in [0.1, 0.15) is 40.2 Å². The topological polar surface area (TPSA) is 37.8 Å². The van der Waals surface area contributed by atoms with Gasteiger partial charge in [-0.1, -0.05) is 33.8 Å². The largest absolute Gasteiger partial charge is 0.346 e. The van der Waals surface area contributed by atoms with E-state index in [0.29, 0.717) is 0 Å². The van der Waals surface area contributed by atoms with Crippen molar-refractivity contribution in [2.75, 3.05) is 0 Å². The van der Waals surface area contributed by atoms with Gasteiger partial charge < -0.3 is 11.9 Å². The second-order valence-electron chi connectivity index (χ2n) is 3.01. The third-order valence-corrected chi connectivity index (χ3v) is 2.06. The molecule has 0 aliphatic carbocycles. The standard InChI is InChI=1S/C9H10N2O.2C2H6.C2H5.W/c1-6-3-4-7-8(5-6)11(2)9(12)10-7;3*1-2;/h3-5H,1-2H3,(H,10,12);2*1-2H3;1H2,2H3;/q;;;-1;. The fourth-order valence-corrected chi connectivity index (χ4v) is 1.33. The van der Waals surface area contributed by atoms with E-state index in [9.17, 15) is 4.79 Å². The molecule has 0 bridgehead atoms. The van der Waals surface area contributed by atoms with Crippen molar-refractivity contribution in [3.05, 3.63) is 41.2 Å². The predicted octanol–water partition coefficient (Wildman–Crippen LogP) is 4.07. The van der Waals surface area contributed by atoms with Crippen molar-refractivity contribution < 1.29 is 21.1 Å². The molecule has 3 nitrogen and oxygen atoms in total. The van der Waals surface area contributed by atoms with Crippen LogP contribution in [-0.4, -0.2) is 9.55 Å². The molecular formula is C15H27N2OW-. The van der Waals surface area contributed by atoms with Gasteiger partial charge in [0.25, 0.3) is 0 Å². The van der Waals surface area contributed by atoms with Crippen molar-refractivity contribution in [2.24, 2.45) is 7.05 Å². The van der Waals surface area contributed by atoms with E-state index in [2.05, 4.69) is 11.9 Å². The molecule has 0 unspecified atom stereocenters. The molecule has 0 amide bonds. The molecule has 2 aromatic rings. The van der Waals surface area contributed by atoms with E-state index < -0.39 is 0 Å². The minimum Gasteiger partial charge on any atom is -0.346 e. The Morgan fingerprint density at radius 1 is 1.11 bits per heavy atom. The number of H-pyrrole nitrogens is 1. The van der Waals surface area contributed by atoms with Crippen LogP contribution in [0, 0.1) is 13.8 Å². The summed E-state index contributed by atoms with van der Waals surface area (Å²) < 4.78 is 1.61. The molecule has 1 N–H and O–H groups in total. The van der Waals surface area contributed by atoms with Crippen molar-refractivity contribution >= 4 is 11.0 Å². The minimum atomic E-state index is -0.0596. The summed E-state index contributed by atoms with van der Waals surface area (Å²) in [5.41, 5.74) is 2.96. The van der Waals surface area contributed by atoms with Gasteiger partial charge >= 0.3 is 5.69 Å². The zero-order valence-electron chi connectivity index (χ0n) is 13.2. The van der Waals surface area contributed by atoms with E-state index >= 15 is 0 Å². The number of nitrogens with one attached hydrogen (secondary N) is 1. The summed E-state index contributed by atoms with van der Waals surface area (Å²) >= 11 is 0. The van der Waals surface area contributed by atoms with Crippen LogP contribution in [0.4, 0.5) is 0 Å². The predicted molar refractivity (Wildman–Crippen MR) is 82.0 cm³/mol. The van der Waals surface area contributed by atoms with Gasteiger partial charge in [-0.25, -0.2) is 4.79 Å². The molecule has 110 valence electrons. The number of hydrogen-bond acceptors (Lipinski definition) is 1. The van der Waals surface area contributed by atoms with Gasteiger partial charge in [0.05, 0.1) is 11.0 Å². The van der Waals surface area contributed by atoms with Crippen LogP contribution in [0.5, 0.6) is 0 Å². The van der Waals surface area contributed by atoms with Crippen LogP contribution in [-0.2, 0) is 28.1 Å². The van der Waals surface area contributed by atoms with Gasteiger partial charge in [-0.3, -0.25) is 4.57 Å². The Balaban J connectivity index is -0.000000325. The van der Waals surface area contributed by atoms with Crippen LogP contribution >= 0.6 is 0 Å². The van der Waals surface area contributed by atoms with E-state index in [1.54, 1.807) is 18.5 Å². The first-order valence-corrected chi connectivity index (χ1v) is 6.54. The normalized spacial score (nSPS) is 7.79. The Kier molecular flexibility index (Phi) is 16.7. The number of nitrogens with zero attached hydrogens (tertiary/aromatic N) is 1. The van der Waals surface area contributed by atoms with Gasteiger partial charge in [-0.15, -0.1) is 0 Å². The number of aryl methyl sites for hydroxylation is 2. The second kappa shape index (κ2) is 13.6. The van der Waals surface area contributed by atoms with E-state index in [0.717, 1.165) is 16.6 Å². The maximum Gasteiger partial charge on any atom is 0.326 e. The van der Waals surface area contributed by atoms with Crippen LogP contribution in [0.25, 0.3) is 11.0 Å². The Morgan fingerprint density at radius 2 is 1.58 bits per heavy atom. The molecule has 1 aromatic carbocycles. The number of fused-ring (bicyclic) bond motifs is 1. The molecule has 0 spiro atoms. The van der Waals surface area contributed by atoms with Gasteiger partial charge in [-0.05, 0) is 24.6 Å². The van der Waals surface area contributed by atoms with Crippen LogP contribution in [0.3, 0.4) is 0 Å². The Morgan fingerprint density at radius 3 is 2.05 bits per heavy atom. The number of imidazole rings is 1. The molecule has 2 rings (SSSR count). The zero-order chi connectivity index (χ0) is 14.7. The molecule has 0 fully saturated rings. The quantitative estimate of drug-likeness (QED) is 0.623. The Bertz CT molecular complexity index is 486. The number of aromatic amines is 1. The van der Waals surface area contributed by atoms with Crippen molar-refractivity contribution in [3.63, 3.8) is 0 Å². The number of hydrogen-bond donors (Lipinski definition) is 1. The Hall–Kier alpha value is -0.822. The first-order chi connectivity index (χ1) is 8.68. The summed E-state index contributed by atoms with van der Waals surface area (Å²) in [6, 6.07) is 5.90. The van der Waals surface area contributed by atoms with Crippen LogP contribution < -0.4 is 5.69 Å². The molecular weight excluding hydrogens is 408 g/mol. The molecule has 1 heterocycles. The molecule has 0 aliphatic heterocycles. The van der Waals surface area contributed by atoms with E-state index in [-0.39, 0.29) is 26.8 Å². The van der Waals surface area contributed by atoms with E-state index in [1.165, 1.54) is 0 Å². The van der Waals surface area contributed by atoms with Gasteiger partial charge in [0.2, 0.25) is 0 Å². The monoisotopic (exact) mass is 435 g/mol. The molecule has 0 saturated heterocycles. The maximum absolute atomic E-state index is 11.2. The third kappa shape index (κ3) is 6.77. The Labute approximate surface area is 131 Å². The molecule has 19 heavy (non-hydrogen) atoms. The molecule has 0 atom stereocenters. The van der Waals surface area contributed by atoms with Gasteiger partial charge in [-0.2, -0.15) is 6.92 Å². The average molecular weight is 435 g/mol. The summed E-state index contributed by atoms with van der Waals surface area (Å²) in [5, 5.41) is 0. The molecule has 0 saturated carbocycles. The third-order valence-electron chi connectivity index (χ3n) is 2.06. The first-order valence-electron chi connectivity index (χ1n) is 6.54. The van der Waals surface area contributed by atoms with Crippen molar-refractivity contribution in [1.29, 1.82) is 0 Å².